The first-order valence-electron chi connectivity index (χ1n) is 7.78. The summed E-state index contributed by atoms with van der Waals surface area (Å²) in [5.74, 6) is 0. The Morgan fingerprint density at radius 3 is 2.52 bits per heavy atom. The van der Waals surface area contributed by atoms with Crippen molar-refractivity contribution in [1.29, 1.82) is 0 Å². The second-order valence-corrected chi connectivity index (χ2v) is 5.28. The first-order valence-corrected chi connectivity index (χ1v) is 8.16. The molecular formula is C19H25ClO. The number of carbonyl (C=O) groups is 1. The van der Waals surface area contributed by atoms with E-state index in [0.29, 0.717) is 6.42 Å². The lowest BCUT2D eigenvalue weighted by Gasteiger charge is -2.14. The average Bonchev–Trinajstić information content (AvgIpc) is 2.96. The molecule has 0 amide bonds. The number of fused-ring (bicyclic) bond motifs is 1. The lowest BCUT2D eigenvalue weighted by molar-refractivity contribution is -0.111. The normalized spacial score (nSPS) is 13.9. The van der Waals surface area contributed by atoms with Crippen molar-refractivity contribution in [3.8, 4) is 0 Å². The van der Waals surface area contributed by atoms with E-state index in [9.17, 15) is 4.79 Å². The number of rotatable bonds is 4. The minimum Gasteiger partial charge on any atom is -0.281 e. The first-order chi connectivity index (χ1) is 10.2. The SMILES string of the molecule is C/C=C\C(=C/C)c1ccc2c(c1CC(=O)Cl)CCC2.CC. The summed E-state index contributed by atoms with van der Waals surface area (Å²) < 4.78 is 0. The fourth-order valence-electron chi connectivity index (χ4n) is 2.88. The zero-order valence-corrected chi connectivity index (χ0v) is 14.3. The van der Waals surface area contributed by atoms with Gasteiger partial charge >= 0.3 is 0 Å². The Labute approximate surface area is 133 Å². The van der Waals surface area contributed by atoms with E-state index in [0.717, 1.165) is 29.5 Å². The van der Waals surface area contributed by atoms with Crippen LogP contribution in [0.25, 0.3) is 5.57 Å². The number of aryl methyl sites for hydroxylation is 1. The molecule has 2 rings (SSSR count). The van der Waals surface area contributed by atoms with Crippen LogP contribution in [0, 0.1) is 0 Å². The van der Waals surface area contributed by atoms with Crippen molar-refractivity contribution in [2.45, 2.75) is 53.4 Å². The summed E-state index contributed by atoms with van der Waals surface area (Å²) in [5.41, 5.74) is 6.16. The van der Waals surface area contributed by atoms with Crippen LogP contribution in [0.4, 0.5) is 0 Å². The zero-order valence-electron chi connectivity index (χ0n) is 13.5. The molecule has 1 aromatic carbocycles. The molecule has 0 atom stereocenters. The number of allylic oxidation sites excluding steroid dienone is 4. The number of carbonyl (C=O) groups excluding carboxylic acids is 1. The van der Waals surface area contributed by atoms with Crippen LogP contribution in [0.2, 0.25) is 0 Å². The highest BCUT2D eigenvalue weighted by molar-refractivity contribution is 6.63. The van der Waals surface area contributed by atoms with Crippen LogP contribution in [-0.2, 0) is 24.1 Å². The van der Waals surface area contributed by atoms with Gasteiger partial charge in [-0.2, -0.15) is 0 Å². The lowest BCUT2D eigenvalue weighted by Crippen LogP contribution is -2.04. The maximum Gasteiger partial charge on any atom is 0.226 e. The highest BCUT2D eigenvalue weighted by Crippen LogP contribution is 2.32. The number of hydrogen-bond acceptors (Lipinski definition) is 1. The van der Waals surface area contributed by atoms with Crippen molar-refractivity contribution in [2.24, 2.45) is 0 Å². The molecule has 1 aliphatic carbocycles. The van der Waals surface area contributed by atoms with Crippen LogP contribution in [0.3, 0.4) is 0 Å². The van der Waals surface area contributed by atoms with Gasteiger partial charge in [-0.1, -0.05) is 44.2 Å². The van der Waals surface area contributed by atoms with Crippen molar-refractivity contribution in [1.82, 2.24) is 0 Å². The second kappa shape index (κ2) is 8.84. The predicted molar refractivity (Wildman–Crippen MR) is 92.8 cm³/mol. The first kappa shape index (κ1) is 17.7. The fourth-order valence-corrected chi connectivity index (χ4v) is 3.01. The molecule has 0 saturated carbocycles. The molecular weight excluding hydrogens is 280 g/mol. The van der Waals surface area contributed by atoms with Gasteiger partial charge in [0, 0.05) is 6.42 Å². The molecule has 0 fully saturated rings. The third-order valence-electron chi connectivity index (χ3n) is 3.69. The zero-order chi connectivity index (χ0) is 15.8. The molecule has 0 heterocycles. The topological polar surface area (TPSA) is 17.1 Å². The Kier molecular flexibility index (Phi) is 7.45. The molecule has 2 heteroatoms. The molecule has 1 nitrogen and oxygen atoms in total. The summed E-state index contributed by atoms with van der Waals surface area (Å²) in [7, 11) is 0. The van der Waals surface area contributed by atoms with Gasteiger partial charge in [0.2, 0.25) is 5.24 Å². The molecule has 0 saturated heterocycles. The molecule has 0 unspecified atom stereocenters. The van der Waals surface area contributed by atoms with Crippen molar-refractivity contribution < 1.29 is 4.79 Å². The standard InChI is InChI=1S/C17H19ClO.C2H6/c1-3-6-12(4-2)15-10-9-13-7-5-8-14(13)16(15)11-17(18)19;1-2/h3-4,6,9-10H,5,7-8,11H2,1-2H3;1-2H3/b6-3-,12-4+;. The Morgan fingerprint density at radius 2 is 1.95 bits per heavy atom. The Hall–Kier alpha value is -1.34. The quantitative estimate of drug-likeness (QED) is 0.531. The van der Waals surface area contributed by atoms with Gasteiger partial charge in [-0.25, -0.2) is 0 Å². The Bertz CT molecular complexity index is 553. The van der Waals surface area contributed by atoms with E-state index in [1.165, 1.54) is 17.5 Å². The summed E-state index contributed by atoms with van der Waals surface area (Å²) in [5, 5.41) is -0.280. The van der Waals surface area contributed by atoms with Crippen LogP contribution >= 0.6 is 11.6 Å². The van der Waals surface area contributed by atoms with Crippen molar-refractivity contribution in [3.05, 3.63) is 52.6 Å². The van der Waals surface area contributed by atoms with Crippen LogP contribution in [0.5, 0.6) is 0 Å². The number of halogens is 1. The third kappa shape index (κ3) is 4.31. The van der Waals surface area contributed by atoms with E-state index in [-0.39, 0.29) is 5.24 Å². The highest BCUT2D eigenvalue weighted by Gasteiger charge is 2.19. The monoisotopic (exact) mass is 304 g/mol. The van der Waals surface area contributed by atoms with Gasteiger partial charge in [0.05, 0.1) is 0 Å². The molecule has 0 spiro atoms. The van der Waals surface area contributed by atoms with Crippen LogP contribution in [0.15, 0.2) is 30.4 Å². The van der Waals surface area contributed by atoms with E-state index < -0.39 is 0 Å². The van der Waals surface area contributed by atoms with Gasteiger partial charge in [0.25, 0.3) is 0 Å². The number of benzene rings is 1. The van der Waals surface area contributed by atoms with E-state index in [1.54, 1.807) is 0 Å². The van der Waals surface area contributed by atoms with Crippen LogP contribution in [-0.4, -0.2) is 5.24 Å². The maximum absolute atomic E-state index is 11.4. The van der Waals surface area contributed by atoms with E-state index in [2.05, 4.69) is 24.3 Å². The van der Waals surface area contributed by atoms with Gasteiger partial charge in [-0.05, 0) is 72.5 Å². The summed E-state index contributed by atoms with van der Waals surface area (Å²) in [6.45, 7) is 8.03. The van der Waals surface area contributed by atoms with Gasteiger partial charge in [0.15, 0.2) is 0 Å². The van der Waals surface area contributed by atoms with Gasteiger partial charge < -0.3 is 0 Å². The molecule has 114 valence electrons. The van der Waals surface area contributed by atoms with E-state index in [4.69, 9.17) is 11.6 Å². The summed E-state index contributed by atoms with van der Waals surface area (Å²) in [4.78, 5) is 11.4. The molecule has 0 bridgehead atoms. The maximum atomic E-state index is 11.4. The third-order valence-corrected chi connectivity index (χ3v) is 3.82. The molecule has 1 aromatic rings. The smallest absolute Gasteiger partial charge is 0.226 e. The van der Waals surface area contributed by atoms with E-state index >= 15 is 0 Å². The van der Waals surface area contributed by atoms with Gasteiger partial charge in [-0.15, -0.1) is 0 Å². The van der Waals surface area contributed by atoms with Crippen molar-refractivity contribution in [3.63, 3.8) is 0 Å². The largest absolute Gasteiger partial charge is 0.281 e. The van der Waals surface area contributed by atoms with Crippen LogP contribution in [0.1, 0.15) is 56.4 Å². The van der Waals surface area contributed by atoms with Crippen LogP contribution < -0.4 is 0 Å². The van der Waals surface area contributed by atoms with Crippen molar-refractivity contribution in [2.75, 3.05) is 0 Å². The predicted octanol–water partition coefficient (Wildman–Crippen LogP) is 5.49. The molecule has 21 heavy (non-hydrogen) atoms. The lowest BCUT2D eigenvalue weighted by atomic mass is 9.91. The minimum atomic E-state index is -0.280. The van der Waals surface area contributed by atoms with Gasteiger partial charge in [-0.3, -0.25) is 4.79 Å². The summed E-state index contributed by atoms with van der Waals surface area (Å²) >= 11 is 5.63. The molecule has 0 aromatic heterocycles. The molecule has 0 radical (unpaired) electrons. The molecule has 1 aliphatic rings. The summed E-state index contributed by atoms with van der Waals surface area (Å²) in [6.07, 6.45) is 9.88. The fraction of sp³-hybridized carbons (Fsp3) is 0.421. The Balaban J connectivity index is 0.00000106. The number of hydrogen-bond donors (Lipinski definition) is 0. The minimum absolute atomic E-state index is 0.280. The Morgan fingerprint density at radius 1 is 1.24 bits per heavy atom. The average molecular weight is 305 g/mol. The summed E-state index contributed by atoms with van der Waals surface area (Å²) in [6, 6.07) is 4.33. The van der Waals surface area contributed by atoms with Gasteiger partial charge in [0.1, 0.15) is 0 Å². The van der Waals surface area contributed by atoms with Crippen molar-refractivity contribution >= 4 is 22.4 Å². The molecule has 0 aliphatic heterocycles. The highest BCUT2D eigenvalue weighted by atomic mass is 35.5. The molecule has 0 N–H and O–H groups in total. The second-order valence-electron chi connectivity index (χ2n) is 4.86. The van der Waals surface area contributed by atoms with E-state index in [1.807, 2.05) is 33.8 Å².